The lowest BCUT2D eigenvalue weighted by Gasteiger charge is -2.37. The molecule has 2 heterocycles. The van der Waals surface area contributed by atoms with Crippen LogP contribution in [0.2, 0.25) is 0 Å². The average Bonchev–Trinajstić information content (AvgIpc) is 3.36. The molecule has 1 aliphatic heterocycles. The molecule has 0 bridgehead atoms. The van der Waals surface area contributed by atoms with Crippen molar-refractivity contribution in [1.82, 2.24) is 30.4 Å². The average molecular weight is 479 g/mol. The summed E-state index contributed by atoms with van der Waals surface area (Å²) in [4.78, 5) is 17.0. The lowest BCUT2D eigenvalue weighted by Crippen LogP contribution is -2.48. The Hall–Kier alpha value is -3.46. The number of tetrazole rings is 1. The van der Waals surface area contributed by atoms with Crippen LogP contribution in [0.3, 0.4) is 0 Å². The van der Waals surface area contributed by atoms with Gasteiger partial charge in [0.25, 0.3) is 5.91 Å². The third-order valence-electron chi connectivity index (χ3n) is 6.27. The van der Waals surface area contributed by atoms with Crippen molar-refractivity contribution in [3.8, 4) is 22.9 Å². The number of amides is 1. The number of aromatic nitrogens is 4. The van der Waals surface area contributed by atoms with Gasteiger partial charge >= 0.3 is 0 Å². The van der Waals surface area contributed by atoms with Gasteiger partial charge in [0.1, 0.15) is 0 Å². The fourth-order valence-electron chi connectivity index (χ4n) is 4.44. The number of rotatable bonds is 9. The zero-order chi connectivity index (χ0) is 24.8. The summed E-state index contributed by atoms with van der Waals surface area (Å²) in [7, 11) is 2.12. The van der Waals surface area contributed by atoms with Gasteiger partial charge in [0.2, 0.25) is 5.82 Å². The second kappa shape index (κ2) is 11.3. The van der Waals surface area contributed by atoms with Gasteiger partial charge in [-0.3, -0.25) is 4.79 Å². The molecule has 3 aromatic rings. The minimum atomic E-state index is -0.0859. The van der Waals surface area contributed by atoms with Crippen LogP contribution >= 0.6 is 0 Å². The molecular weight excluding hydrogens is 444 g/mol. The van der Waals surface area contributed by atoms with Crippen molar-refractivity contribution < 1.29 is 14.3 Å². The zero-order valence-corrected chi connectivity index (χ0v) is 20.9. The normalized spacial score (nSPS) is 18.3. The van der Waals surface area contributed by atoms with Crippen molar-refractivity contribution in [2.24, 2.45) is 0 Å². The van der Waals surface area contributed by atoms with Gasteiger partial charge in [-0.2, -0.15) is 4.80 Å². The number of ether oxygens (including phenoxy) is 2. The molecule has 9 heteroatoms. The van der Waals surface area contributed by atoms with Gasteiger partial charge in [0, 0.05) is 29.6 Å². The molecule has 1 N–H and O–H groups in total. The van der Waals surface area contributed by atoms with Crippen LogP contribution < -0.4 is 14.8 Å². The van der Waals surface area contributed by atoms with E-state index in [1.807, 2.05) is 51.1 Å². The molecule has 2 aromatic carbocycles. The van der Waals surface area contributed by atoms with Gasteiger partial charge in [-0.1, -0.05) is 18.2 Å². The first-order chi connectivity index (χ1) is 17.0. The molecular formula is C26H34N6O3. The van der Waals surface area contributed by atoms with Crippen molar-refractivity contribution in [3.05, 3.63) is 53.6 Å². The summed E-state index contributed by atoms with van der Waals surface area (Å²) < 4.78 is 11.6. The van der Waals surface area contributed by atoms with E-state index in [-0.39, 0.29) is 17.9 Å². The molecule has 1 aromatic heterocycles. The summed E-state index contributed by atoms with van der Waals surface area (Å²) in [5.74, 6) is 2.10. The SMILES string of the molecule is CCOc1ccc(C2CN(C)CCC2NC(=O)c2ccc(-c3nnn(CC)n3)cc2)cc1OCC. The highest BCUT2D eigenvalue weighted by Crippen LogP contribution is 2.35. The van der Waals surface area contributed by atoms with Gasteiger partial charge in [0.15, 0.2) is 11.5 Å². The number of aryl methyl sites for hydroxylation is 1. The second-order valence-corrected chi connectivity index (χ2v) is 8.69. The minimum absolute atomic E-state index is 0.0110. The first kappa shape index (κ1) is 24.7. The van der Waals surface area contributed by atoms with E-state index in [0.29, 0.717) is 31.1 Å². The van der Waals surface area contributed by atoms with Crippen LogP contribution in [0.5, 0.6) is 11.5 Å². The number of likely N-dealkylation sites (tertiary alicyclic amines) is 1. The first-order valence-corrected chi connectivity index (χ1v) is 12.3. The lowest BCUT2D eigenvalue weighted by molar-refractivity contribution is 0.0904. The molecule has 2 atom stereocenters. The smallest absolute Gasteiger partial charge is 0.251 e. The molecule has 35 heavy (non-hydrogen) atoms. The molecule has 1 aliphatic rings. The maximum absolute atomic E-state index is 13.2. The van der Waals surface area contributed by atoms with Gasteiger partial charge in [-0.25, -0.2) is 0 Å². The highest BCUT2D eigenvalue weighted by Gasteiger charge is 2.31. The molecule has 0 radical (unpaired) electrons. The Balaban J connectivity index is 1.51. The molecule has 2 unspecified atom stereocenters. The quantitative estimate of drug-likeness (QED) is 0.504. The number of hydrogen-bond donors (Lipinski definition) is 1. The van der Waals surface area contributed by atoms with E-state index in [4.69, 9.17) is 9.47 Å². The largest absolute Gasteiger partial charge is 0.490 e. The number of hydrogen-bond acceptors (Lipinski definition) is 7. The van der Waals surface area contributed by atoms with E-state index < -0.39 is 0 Å². The monoisotopic (exact) mass is 478 g/mol. The van der Waals surface area contributed by atoms with E-state index >= 15 is 0 Å². The summed E-state index contributed by atoms with van der Waals surface area (Å²) in [6.45, 7) is 9.46. The van der Waals surface area contributed by atoms with Crippen LogP contribution in [0.1, 0.15) is 49.0 Å². The summed E-state index contributed by atoms with van der Waals surface area (Å²) >= 11 is 0. The van der Waals surface area contributed by atoms with E-state index in [1.54, 1.807) is 0 Å². The summed E-state index contributed by atoms with van der Waals surface area (Å²) in [6, 6.07) is 13.5. The Labute approximate surface area is 206 Å². The van der Waals surface area contributed by atoms with Crippen LogP contribution in [0.25, 0.3) is 11.4 Å². The van der Waals surface area contributed by atoms with Crippen LogP contribution in [-0.4, -0.2) is 70.4 Å². The van der Waals surface area contributed by atoms with E-state index in [0.717, 1.165) is 42.1 Å². The summed E-state index contributed by atoms with van der Waals surface area (Å²) in [6.07, 6.45) is 0.867. The molecule has 4 rings (SSSR count). The molecule has 0 aliphatic carbocycles. The predicted molar refractivity (Wildman–Crippen MR) is 134 cm³/mol. The molecule has 0 spiro atoms. The Bertz CT molecular complexity index is 1130. The second-order valence-electron chi connectivity index (χ2n) is 8.69. The minimum Gasteiger partial charge on any atom is -0.490 e. The number of carbonyl (C=O) groups excluding carboxylic acids is 1. The predicted octanol–water partition coefficient (Wildman–Crippen LogP) is 3.38. The van der Waals surface area contributed by atoms with Crippen molar-refractivity contribution in [1.29, 1.82) is 0 Å². The third-order valence-corrected chi connectivity index (χ3v) is 6.27. The molecule has 1 amide bonds. The number of carbonyl (C=O) groups is 1. The van der Waals surface area contributed by atoms with Crippen LogP contribution in [0.4, 0.5) is 0 Å². The first-order valence-electron chi connectivity index (χ1n) is 12.3. The van der Waals surface area contributed by atoms with Crippen molar-refractivity contribution >= 4 is 5.91 Å². The van der Waals surface area contributed by atoms with Gasteiger partial charge < -0.3 is 19.7 Å². The fourth-order valence-corrected chi connectivity index (χ4v) is 4.44. The van der Waals surface area contributed by atoms with Crippen LogP contribution in [0.15, 0.2) is 42.5 Å². The number of likely N-dealkylation sites (N-methyl/N-ethyl adjacent to an activating group) is 1. The van der Waals surface area contributed by atoms with E-state index in [9.17, 15) is 4.79 Å². The molecule has 9 nitrogen and oxygen atoms in total. The maximum atomic E-state index is 13.2. The Morgan fingerprint density at radius 2 is 1.80 bits per heavy atom. The topological polar surface area (TPSA) is 94.4 Å². The highest BCUT2D eigenvalue weighted by atomic mass is 16.5. The fraction of sp³-hybridized carbons (Fsp3) is 0.462. The van der Waals surface area contributed by atoms with Crippen molar-refractivity contribution in [2.45, 2.75) is 45.7 Å². The molecule has 0 saturated carbocycles. The van der Waals surface area contributed by atoms with Gasteiger partial charge in [0.05, 0.1) is 19.8 Å². The van der Waals surface area contributed by atoms with E-state index in [1.165, 1.54) is 4.80 Å². The van der Waals surface area contributed by atoms with Crippen LogP contribution in [0, 0.1) is 0 Å². The Morgan fingerprint density at radius 1 is 1.06 bits per heavy atom. The Morgan fingerprint density at radius 3 is 2.49 bits per heavy atom. The standard InChI is InChI=1S/C26H34N6O3/c1-5-32-29-25(28-30-32)18-8-10-19(11-9-18)26(33)27-22-14-15-31(4)17-21(22)20-12-13-23(34-6-2)24(16-20)35-7-3/h8-13,16,21-22H,5-7,14-15,17H2,1-4H3,(H,27,33). The number of nitrogens with zero attached hydrogens (tertiary/aromatic N) is 5. The maximum Gasteiger partial charge on any atom is 0.251 e. The van der Waals surface area contributed by atoms with Crippen LogP contribution in [-0.2, 0) is 6.54 Å². The van der Waals surface area contributed by atoms with Gasteiger partial charge in [-0.15, -0.1) is 10.2 Å². The highest BCUT2D eigenvalue weighted by molar-refractivity contribution is 5.94. The number of piperidine rings is 1. The summed E-state index contributed by atoms with van der Waals surface area (Å²) in [5.41, 5.74) is 2.57. The van der Waals surface area contributed by atoms with E-state index in [2.05, 4.69) is 44.8 Å². The third kappa shape index (κ3) is 5.79. The zero-order valence-electron chi connectivity index (χ0n) is 20.9. The number of nitrogens with one attached hydrogen (secondary N) is 1. The van der Waals surface area contributed by atoms with Crippen molar-refractivity contribution in [2.75, 3.05) is 33.4 Å². The van der Waals surface area contributed by atoms with Crippen molar-refractivity contribution in [3.63, 3.8) is 0 Å². The van der Waals surface area contributed by atoms with Gasteiger partial charge in [-0.05, 0) is 75.8 Å². The molecule has 1 saturated heterocycles. The molecule has 186 valence electrons. The number of benzene rings is 2. The Kier molecular flexibility index (Phi) is 7.97. The lowest BCUT2D eigenvalue weighted by atomic mass is 9.85. The molecule has 1 fully saturated rings. The summed E-state index contributed by atoms with van der Waals surface area (Å²) in [5, 5.41) is 15.7.